The van der Waals surface area contributed by atoms with Gasteiger partial charge in [-0.2, -0.15) is 0 Å². The topological polar surface area (TPSA) is 79.3 Å². The van der Waals surface area contributed by atoms with Gasteiger partial charge in [0.15, 0.2) is 0 Å². The Morgan fingerprint density at radius 3 is 2.43 bits per heavy atom. The molecule has 1 aliphatic heterocycles. The number of aromatic nitrogens is 3. The third-order valence-corrected chi connectivity index (χ3v) is 7.80. The number of pyridine rings is 1. The standard InChI is InChI=1S/C22H23N5O2S/c1-15-5-4-6-19(25-15)16-12-23-21(24-13-16)27-14-22(9-10-22)18-8-7-17(11-20(18)27)30(28,29)26(2)3/h4-8,11-13H,9-10,14H2,1-3H3. The summed E-state index contributed by atoms with van der Waals surface area (Å²) in [6.07, 6.45) is 5.76. The minimum atomic E-state index is -3.51. The number of sulfonamides is 1. The van der Waals surface area contributed by atoms with Crippen LogP contribution in [0.15, 0.2) is 53.7 Å². The van der Waals surface area contributed by atoms with E-state index in [-0.39, 0.29) is 10.3 Å². The molecule has 5 rings (SSSR count). The van der Waals surface area contributed by atoms with Crippen molar-refractivity contribution in [3.8, 4) is 11.3 Å². The minimum absolute atomic E-state index is 0.0931. The summed E-state index contributed by atoms with van der Waals surface area (Å²) < 4.78 is 26.5. The summed E-state index contributed by atoms with van der Waals surface area (Å²) in [5.74, 6) is 0.579. The largest absolute Gasteiger partial charge is 0.309 e. The maximum Gasteiger partial charge on any atom is 0.242 e. The van der Waals surface area contributed by atoms with E-state index in [1.807, 2.05) is 36.1 Å². The highest BCUT2D eigenvalue weighted by Gasteiger charge is 2.52. The van der Waals surface area contributed by atoms with Crippen molar-refractivity contribution in [1.29, 1.82) is 0 Å². The van der Waals surface area contributed by atoms with Gasteiger partial charge >= 0.3 is 0 Å². The van der Waals surface area contributed by atoms with Crippen molar-refractivity contribution in [2.75, 3.05) is 25.5 Å². The molecule has 1 saturated carbocycles. The van der Waals surface area contributed by atoms with Crippen molar-refractivity contribution in [2.45, 2.75) is 30.1 Å². The van der Waals surface area contributed by atoms with Crippen LogP contribution in [-0.4, -0.2) is 48.3 Å². The number of nitrogens with zero attached hydrogens (tertiary/aromatic N) is 5. The van der Waals surface area contributed by atoms with Gasteiger partial charge in [-0.15, -0.1) is 0 Å². The average Bonchev–Trinajstić information content (AvgIpc) is 3.44. The van der Waals surface area contributed by atoms with Gasteiger partial charge in [-0.3, -0.25) is 4.98 Å². The number of fused-ring (bicyclic) bond motifs is 2. The van der Waals surface area contributed by atoms with Gasteiger partial charge in [0.2, 0.25) is 16.0 Å². The summed E-state index contributed by atoms with van der Waals surface area (Å²) in [5.41, 5.74) is 4.80. The molecule has 3 aromatic rings. The lowest BCUT2D eigenvalue weighted by atomic mass is 9.99. The summed E-state index contributed by atoms with van der Waals surface area (Å²) in [6, 6.07) is 11.3. The lowest BCUT2D eigenvalue weighted by Crippen LogP contribution is -2.23. The molecule has 0 unspecified atom stereocenters. The van der Waals surface area contributed by atoms with Gasteiger partial charge in [0.25, 0.3) is 0 Å². The highest BCUT2D eigenvalue weighted by atomic mass is 32.2. The molecule has 8 heteroatoms. The van der Waals surface area contributed by atoms with E-state index in [2.05, 4.69) is 15.0 Å². The molecule has 0 saturated heterocycles. The van der Waals surface area contributed by atoms with Crippen molar-refractivity contribution in [1.82, 2.24) is 19.3 Å². The minimum Gasteiger partial charge on any atom is -0.309 e. The van der Waals surface area contributed by atoms with Crippen LogP contribution in [0, 0.1) is 6.92 Å². The average molecular weight is 422 g/mol. The van der Waals surface area contributed by atoms with Crippen LogP contribution < -0.4 is 4.90 Å². The van der Waals surface area contributed by atoms with Crippen LogP contribution in [0.5, 0.6) is 0 Å². The van der Waals surface area contributed by atoms with Gasteiger partial charge in [0.05, 0.1) is 10.6 Å². The van der Waals surface area contributed by atoms with Crippen molar-refractivity contribution >= 4 is 21.7 Å². The molecular formula is C22H23N5O2S. The van der Waals surface area contributed by atoms with E-state index in [4.69, 9.17) is 0 Å². The molecule has 0 N–H and O–H groups in total. The van der Waals surface area contributed by atoms with Gasteiger partial charge < -0.3 is 4.90 Å². The van der Waals surface area contributed by atoms with Crippen LogP contribution in [0.1, 0.15) is 24.1 Å². The molecule has 0 bridgehead atoms. The molecule has 154 valence electrons. The Kier molecular flexibility index (Phi) is 4.20. The van der Waals surface area contributed by atoms with Crippen LogP contribution in [-0.2, 0) is 15.4 Å². The molecule has 1 aliphatic carbocycles. The number of anilines is 2. The Morgan fingerprint density at radius 1 is 1.07 bits per heavy atom. The highest BCUT2D eigenvalue weighted by molar-refractivity contribution is 7.89. The number of benzene rings is 1. The quantitative estimate of drug-likeness (QED) is 0.643. The molecule has 0 atom stereocenters. The Bertz CT molecular complexity index is 1230. The molecule has 1 spiro atoms. The SMILES string of the molecule is Cc1cccc(-c2cnc(N3CC4(CC4)c4ccc(S(=O)(=O)N(C)C)cc43)nc2)n1. The zero-order valence-corrected chi connectivity index (χ0v) is 18.0. The lowest BCUT2D eigenvalue weighted by Gasteiger charge is -2.19. The second-order valence-electron chi connectivity index (χ2n) is 8.27. The Hall–Kier alpha value is -2.84. The van der Waals surface area contributed by atoms with Gasteiger partial charge in [0.1, 0.15) is 0 Å². The van der Waals surface area contributed by atoms with Gasteiger partial charge in [0, 0.05) is 55.4 Å². The van der Waals surface area contributed by atoms with Crippen molar-refractivity contribution < 1.29 is 8.42 Å². The van der Waals surface area contributed by atoms with Crippen LogP contribution in [0.25, 0.3) is 11.3 Å². The maximum atomic E-state index is 12.7. The van der Waals surface area contributed by atoms with Crippen LogP contribution in [0.2, 0.25) is 0 Å². The van der Waals surface area contributed by atoms with Crippen LogP contribution >= 0.6 is 0 Å². The summed E-state index contributed by atoms with van der Waals surface area (Å²) >= 11 is 0. The van der Waals surface area contributed by atoms with E-state index < -0.39 is 10.0 Å². The number of aryl methyl sites for hydroxylation is 1. The summed E-state index contributed by atoms with van der Waals surface area (Å²) in [5, 5.41) is 0. The summed E-state index contributed by atoms with van der Waals surface area (Å²) in [7, 11) is -0.419. The fourth-order valence-corrected chi connectivity index (χ4v) is 5.00. The number of rotatable bonds is 4. The van der Waals surface area contributed by atoms with Crippen molar-refractivity contribution in [3.63, 3.8) is 0 Å². The maximum absolute atomic E-state index is 12.7. The normalized spacial score (nSPS) is 16.9. The van der Waals surface area contributed by atoms with E-state index in [9.17, 15) is 8.42 Å². The molecule has 0 amide bonds. The van der Waals surface area contributed by atoms with E-state index in [0.29, 0.717) is 5.95 Å². The molecule has 7 nitrogen and oxygen atoms in total. The lowest BCUT2D eigenvalue weighted by molar-refractivity contribution is 0.520. The summed E-state index contributed by atoms with van der Waals surface area (Å²) in [6.45, 7) is 2.73. The first-order chi connectivity index (χ1) is 14.3. The Balaban J connectivity index is 1.54. The molecule has 3 heterocycles. The molecular weight excluding hydrogens is 398 g/mol. The van der Waals surface area contributed by atoms with Crippen molar-refractivity contribution in [3.05, 3.63) is 60.0 Å². The fourth-order valence-electron chi connectivity index (χ4n) is 4.08. The summed E-state index contributed by atoms with van der Waals surface area (Å²) in [4.78, 5) is 16.1. The second kappa shape index (κ2) is 6.58. The molecule has 0 radical (unpaired) electrons. The number of hydrogen-bond donors (Lipinski definition) is 0. The molecule has 2 aliphatic rings. The smallest absolute Gasteiger partial charge is 0.242 e. The third kappa shape index (κ3) is 2.98. The zero-order valence-electron chi connectivity index (χ0n) is 17.2. The number of hydrogen-bond acceptors (Lipinski definition) is 6. The zero-order chi connectivity index (χ0) is 21.1. The molecule has 2 aromatic heterocycles. The molecule has 30 heavy (non-hydrogen) atoms. The third-order valence-electron chi connectivity index (χ3n) is 5.99. The predicted molar refractivity (Wildman–Crippen MR) is 115 cm³/mol. The first-order valence-corrected chi connectivity index (χ1v) is 11.3. The van der Waals surface area contributed by atoms with Gasteiger partial charge in [-0.25, -0.2) is 22.7 Å². The highest BCUT2D eigenvalue weighted by Crippen LogP contribution is 2.58. The first-order valence-electron chi connectivity index (χ1n) is 9.91. The Labute approximate surface area is 176 Å². The fraction of sp³-hybridized carbons (Fsp3) is 0.318. The van der Waals surface area contributed by atoms with Crippen LogP contribution in [0.4, 0.5) is 11.6 Å². The predicted octanol–water partition coefficient (Wildman–Crippen LogP) is 3.28. The molecule has 1 aromatic carbocycles. The van der Waals surface area contributed by atoms with Gasteiger partial charge in [-0.1, -0.05) is 12.1 Å². The Morgan fingerprint density at radius 2 is 1.80 bits per heavy atom. The van der Waals surface area contributed by atoms with Crippen molar-refractivity contribution in [2.24, 2.45) is 0 Å². The first kappa shape index (κ1) is 19.1. The van der Waals surface area contributed by atoms with Crippen LogP contribution in [0.3, 0.4) is 0 Å². The molecule has 1 fully saturated rings. The van der Waals surface area contributed by atoms with E-state index in [0.717, 1.165) is 42.0 Å². The monoisotopic (exact) mass is 421 g/mol. The van der Waals surface area contributed by atoms with E-state index in [1.54, 1.807) is 38.6 Å². The second-order valence-corrected chi connectivity index (χ2v) is 10.4. The van der Waals surface area contributed by atoms with E-state index in [1.165, 1.54) is 9.87 Å². The van der Waals surface area contributed by atoms with Gasteiger partial charge in [-0.05, 0) is 49.6 Å². The van der Waals surface area contributed by atoms with E-state index >= 15 is 0 Å².